The highest BCUT2D eigenvalue weighted by Crippen LogP contribution is 2.09. The Labute approximate surface area is 295 Å². The number of hydrogen-bond donors (Lipinski definition) is 1. The van der Waals surface area contributed by atoms with Crippen LogP contribution in [0.1, 0.15) is 155 Å². The Morgan fingerprint density at radius 2 is 0.854 bits per heavy atom. The number of carbonyl (C=O) groups is 2. The lowest BCUT2D eigenvalue weighted by atomic mass is 10.1. The minimum atomic E-state index is -0.813. The van der Waals surface area contributed by atoms with Crippen LogP contribution < -0.4 is 0 Å². The molecular formula is C43H70O5. The van der Waals surface area contributed by atoms with Gasteiger partial charge in [0.15, 0.2) is 6.10 Å². The summed E-state index contributed by atoms with van der Waals surface area (Å²) in [6.07, 6.45) is 52.1. The van der Waals surface area contributed by atoms with Crippen LogP contribution in [0.4, 0.5) is 0 Å². The van der Waals surface area contributed by atoms with Crippen molar-refractivity contribution in [1.29, 1.82) is 0 Å². The van der Waals surface area contributed by atoms with Crippen LogP contribution in [0, 0.1) is 0 Å². The second-order valence-corrected chi connectivity index (χ2v) is 12.3. The van der Waals surface area contributed by atoms with Crippen LogP contribution in [0.2, 0.25) is 0 Å². The number of aliphatic hydroxyl groups is 1. The van der Waals surface area contributed by atoms with Crippen LogP contribution in [0.15, 0.2) is 85.1 Å². The lowest BCUT2D eigenvalue weighted by Gasteiger charge is -2.15. The summed E-state index contributed by atoms with van der Waals surface area (Å²) >= 11 is 0. The van der Waals surface area contributed by atoms with E-state index < -0.39 is 6.10 Å². The van der Waals surface area contributed by atoms with Gasteiger partial charge in [-0.15, -0.1) is 0 Å². The summed E-state index contributed by atoms with van der Waals surface area (Å²) in [5, 5.41) is 9.54. The Hall–Kier alpha value is -2.92. The Balaban J connectivity index is 3.74. The molecule has 1 atom stereocenters. The number of esters is 2. The lowest BCUT2D eigenvalue weighted by molar-refractivity contribution is -0.161. The lowest BCUT2D eigenvalue weighted by Crippen LogP contribution is -2.28. The Morgan fingerprint density at radius 1 is 0.479 bits per heavy atom. The average molecular weight is 667 g/mol. The molecule has 0 aromatic heterocycles. The highest BCUT2D eigenvalue weighted by atomic mass is 16.6. The normalized spacial score (nSPS) is 13.1. The average Bonchev–Trinajstić information content (AvgIpc) is 3.09. The first kappa shape index (κ1) is 45.1. The number of unbranched alkanes of at least 4 members (excludes halogenated alkanes) is 11. The Morgan fingerprint density at radius 3 is 1.29 bits per heavy atom. The van der Waals surface area contributed by atoms with Crippen LogP contribution in [-0.4, -0.2) is 36.4 Å². The van der Waals surface area contributed by atoms with Gasteiger partial charge in [-0.05, 0) is 89.9 Å². The van der Waals surface area contributed by atoms with Crippen molar-refractivity contribution >= 4 is 11.9 Å². The maximum Gasteiger partial charge on any atom is 0.306 e. The van der Waals surface area contributed by atoms with E-state index >= 15 is 0 Å². The monoisotopic (exact) mass is 667 g/mol. The first-order valence-electron chi connectivity index (χ1n) is 19.1. The molecule has 0 heterocycles. The summed E-state index contributed by atoms with van der Waals surface area (Å²) in [5.74, 6) is -0.691. The van der Waals surface area contributed by atoms with Gasteiger partial charge in [-0.1, -0.05) is 137 Å². The number of rotatable bonds is 33. The van der Waals surface area contributed by atoms with E-state index in [1.807, 2.05) is 0 Å². The molecular weight excluding hydrogens is 596 g/mol. The predicted octanol–water partition coefficient (Wildman–Crippen LogP) is 11.9. The highest BCUT2D eigenvalue weighted by Gasteiger charge is 2.15. The zero-order valence-electron chi connectivity index (χ0n) is 30.7. The molecule has 0 rings (SSSR count). The van der Waals surface area contributed by atoms with Gasteiger partial charge in [-0.3, -0.25) is 9.59 Å². The maximum atomic E-state index is 12.1. The van der Waals surface area contributed by atoms with Gasteiger partial charge in [0.25, 0.3) is 0 Å². The van der Waals surface area contributed by atoms with E-state index in [0.717, 1.165) is 70.6 Å². The zero-order valence-corrected chi connectivity index (χ0v) is 30.7. The quantitative estimate of drug-likeness (QED) is 0.0429. The smallest absolute Gasteiger partial charge is 0.306 e. The number of carbonyl (C=O) groups excluding carboxylic acids is 2. The van der Waals surface area contributed by atoms with Gasteiger partial charge in [-0.25, -0.2) is 0 Å². The number of ether oxygens (including phenoxy) is 2. The van der Waals surface area contributed by atoms with Crippen molar-refractivity contribution < 1.29 is 24.2 Å². The highest BCUT2D eigenvalue weighted by molar-refractivity contribution is 5.70. The van der Waals surface area contributed by atoms with Crippen LogP contribution in [-0.2, 0) is 19.1 Å². The third-order valence-corrected chi connectivity index (χ3v) is 7.66. The number of allylic oxidation sites excluding steroid dienone is 14. The molecule has 272 valence electrons. The zero-order chi connectivity index (χ0) is 35.0. The molecule has 0 radical (unpaired) electrons. The van der Waals surface area contributed by atoms with E-state index in [4.69, 9.17) is 9.47 Å². The van der Waals surface area contributed by atoms with E-state index in [2.05, 4.69) is 98.9 Å². The fourth-order valence-corrected chi connectivity index (χ4v) is 4.73. The molecule has 0 fully saturated rings. The second-order valence-electron chi connectivity index (χ2n) is 12.3. The fourth-order valence-electron chi connectivity index (χ4n) is 4.73. The second kappa shape index (κ2) is 38.5. The van der Waals surface area contributed by atoms with Crippen molar-refractivity contribution in [2.24, 2.45) is 0 Å². The van der Waals surface area contributed by atoms with Crippen molar-refractivity contribution in [2.75, 3.05) is 13.2 Å². The molecule has 0 amide bonds. The van der Waals surface area contributed by atoms with Crippen molar-refractivity contribution in [3.05, 3.63) is 85.1 Å². The molecule has 0 saturated carbocycles. The van der Waals surface area contributed by atoms with Gasteiger partial charge in [0.1, 0.15) is 6.61 Å². The van der Waals surface area contributed by atoms with Crippen molar-refractivity contribution in [3.8, 4) is 0 Å². The molecule has 0 spiro atoms. The summed E-state index contributed by atoms with van der Waals surface area (Å²) in [5.41, 5.74) is 0. The Bertz CT molecular complexity index is 937. The van der Waals surface area contributed by atoms with Gasteiger partial charge in [0, 0.05) is 12.8 Å². The largest absolute Gasteiger partial charge is 0.462 e. The van der Waals surface area contributed by atoms with Gasteiger partial charge in [0.05, 0.1) is 6.61 Å². The maximum absolute atomic E-state index is 12.1. The first-order chi connectivity index (χ1) is 23.6. The minimum absolute atomic E-state index is 0.104. The molecule has 0 aliphatic carbocycles. The molecule has 0 bridgehead atoms. The summed E-state index contributed by atoms with van der Waals surface area (Å²) in [6.45, 7) is 3.99. The van der Waals surface area contributed by atoms with E-state index in [0.29, 0.717) is 12.8 Å². The fraction of sp³-hybridized carbons (Fsp3) is 0.628. The van der Waals surface area contributed by atoms with Gasteiger partial charge >= 0.3 is 11.9 Å². The van der Waals surface area contributed by atoms with Crippen molar-refractivity contribution in [3.63, 3.8) is 0 Å². The molecule has 0 aliphatic heterocycles. The van der Waals surface area contributed by atoms with E-state index in [1.54, 1.807) is 0 Å². The van der Waals surface area contributed by atoms with Crippen molar-refractivity contribution in [1.82, 2.24) is 0 Å². The van der Waals surface area contributed by atoms with Crippen LogP contribution in [0.5, 0.6) is 0 Å². The summed E-state index contributed by atoms with van der Waals surface area (Å²) < 4.78 is 10.5. The molecule has 5 heteroatoms. The van der Waals surface area contributed by atoms with Gasteiger partial charge in [0.2, 0.25) is 0 Å². The third kappa shape index (κ3) is 35.9. The summed E-state index contributed by atoms with van der Waals surface area (Å²) in [7, 11) is 0. The molecule has 0 saturated heterocycles. The first-order valence-corrected chi connectivity index (χ1v) is 19.1. The molecule has 48 heavy (non-hydrogen) atoms. The predicted molar refractivity (Wildman–Crippen MR) is 205 cm³/mol. The third-order valence-electron chi connectivity index (χ3n) is 7.66. The van der Waals surface area contributed by atoms with Crippen LogP contribution in [0.25, 0.3) is 0 Å². The summed E-state index contributed by atoms with van der Waals surface area (Å²) in [6, 6.07) is 0. The molecule has 0 aromatic carbocycles. The molecule has 1 N–H and O–H groups in total. The SMILES string of the molecule is CCCCCC=CCC=CCC=CCC=CCCCC(=O)OC(CO)COC(=O)CCCCCCC=CCC=CCC=CCCCCC. The number of hydrogen-bond acceptors (Lipinski definition) is 5. The van der Waals surface area contributed by atoms with E-state index in [-0.39, 0.29) is 31.6 Å². The number of aliphatic hydroxyl groups excluding tert-OH is 1. The van der Waals surface area contributed by atoms with E-state index in [9.17, 15) is 14.7 Å². The van der Waals surface area contributed by atoms with Crippen LogP contribution >= 0.6 is 0 Å². The molecule has 1 unspecified atom stereocenters. The van der Waals surface area contributed by atoms with Gasteiger partial charge in [-0.2, -0.15) is 0 Å². The molecule has 5 nitrogen and oxygen atoms in total. The summed E-state index contributed by atoms with van der Waals surface area (Å²) in [4.78, 5) is 24.2. The topological polar surface area (TPSA) is 72.8 Å². The standard InChI is InChI=1S/C43H70O5/c1-3-5-7-9-11-13-15-17-19-21-23-25-27-29-31-33-35-37-42(45)47-40-41(39-44)48-43(46)38-36-34-32-30-28-26-24-22-20-18-16-14-12-10-8-6-4-2/h11-14,17-20,23-26,30,32,41,44H,3-10,15-16,21-22,27-29,31,33-40H2,1-2H3. The molecule has 0 aromatic rings. The molecule has 0 aliphatic rings. The minimum Gasteiger partial charge on any atom is -0.462 e. The van der Waals surface area contributed by atoms with E-state index in [1.165, 1.54) is 51.4 Å². The van der Waals surface area contributed by atoms with Gasteiger partial charge < -0.3 is 14.6 Å². The van der Waals surface area contributed by atoms with Crippen LogP contribution in [0.3, 0.4) is 0 Å². The van der Waals surface area contributed by atoms with Crippen molar-refractivity contribution in [2.45, 2.75) is 161 Å². The Kier molecular flexibility index (Phi) is 36.2.